The fraction of sp³-hybridized carbons (Fsp3) is 0.333. The molecule has 0 spiro atoms. The first-order valence-electron chi connectivity index (χ1n) is 4.40. The predicted octanol–water partition coefficient (Wildman–Crippen LogP) is 0.704. The van der Waals surface area contributed by atoms with Crippen LogP contribution in [0.5, 0.6) is 0 Å². The molecule has 0 aliphatic carbocycles. The van der Waals surface area contributed by atoms with Crippen LogP contribution in [0.2, 0.25) is 0 Å². The maximum atomic E-state index is 5.54. The lowest BCUT2D eigenvalue weighted by Gasteiger charge is -1.88. The van der Waals surface area contributed by atoms with Crippen LogP contribution in [-0.2, 0) is 6.42 Å². The molecule has 0 unspecified atom stereocenters. The number of aromatic nitrogens is 3. The Hall–Kier alpha value is -1.32. The molecule has 0 aliphatic heterocycles. The molecule has 0 saturated heterocycles. The average Bonchev–Trinajstić information content (AvgIpc) is 2.46. The minimum atomic E-state index is 0.516. The highest BCUT2D eigenvalue weighted by Gasteiger charge is 2.01. The van der Waals surface area contributed by atoms with E-state index in [-0.39, 0.29) is 0 Å². The molecule has 0 aromatic carbocycles. The molecular formula is C9H10BN3. The van der Waals surface area contributed by atoms with Gasteiger partial charge in [-0.25, -0.2) is 9.97 Å². The number of pyridine rings is 1. The highest BCUT2D eigenvalue weighted by molar-refractivity contribution is 6.30. The first kappa shape index (κ1) is 8.29. The van der Waals surface area contributed by atoms with Crippen LogP contribution in [0.4, 0.5) is 0 Å². The van der Waals surface area contributed by atoms with Crippen molar-refractivity contribution in [3.63, 3.8) is 0 Å². The maximum Gasteiger partial charge on any atom is 0.177 e. The van der Waals surface area contributed by atoms with Crippen molar-refractivity contribution in [3.8, 4) is 0 Å². The molecule has 2 radical (unpaired) electrons. The number of H-pyrrole nitrogens is 1. The molecule has 0 amide bonds. The van der Waals surface area contributed by atoms with Gasteiger partial charge in [-0.05, 0) is 24.1 Å². The third kappa shape index (κ3) is 1.57. The first-order chi connectivity index (χ1) is 6.29. The normalized spacial score (nSPS) is 10.8. The van der Waals surface area contributed by atoms with Crippen molar-refractivity contribution in [2.75, 3.05) is 0 Å². The van der Waals surface area contributed by atoms with Crippen LogP contribution < -0.4 is 5.59 Å². The molecular weight excluding hydrogens is 161 g/mol. The summed E-state index contributed by atoms with van der Waals surface area (Å²) < 4.78 is 0. The summed E-state index contributed by atoms with van der Waals surface area (Å²) in [5.41, 5.74) is 2.18. The molecule has 64 valence electrons. The molecule has 0 bridgehead atoms. The van der Waals surface area contributed by atoms with Gasteiger partial charge in [-0.1, -0.05) is 6.92 Å². The van der Waals surface area contributed by atoms with Gasteiger partial charge in [0.05, 0.1) is 5.52 Å². The Morgan fingerprint density at radius 1 is 1.38 bits per heavy atom. The van der Waals surface area contributed by atoms with Gasteiger partial charge in [0.2, 0.25) is 0 Å². The van der Waals surface area contributed by atoms with E-state index < -0.39 is 0 Å². The molecule has 0 aliphatic rings. The summed E-state index contributed by atoms with van der Waals surface area (Å²) in [6, 6.07) is 3.68. The Kier molecular flexibility index (Phi) is 2.04. The van der Waals surface area contributed by atoms with Crippen LogP contribution in [-0.4, -0.2) is 22.8 Å². The maximum absolute atomic E-state index is 5.54. The Bertz CT molecular complexity index is 422. The molecule has 0 saturated carbocycles. The molecule has 2 heterocycles. The van der Waals surface area contributed by atoms with Crippen molar-refractivity contribution in [1.29, 1.82) is 0 Å². The summed E-state index contributed by atoms with van der Waals surface area (Å²) in [5.74, 6) is 0.982. The molecule has 2 aromatic rings. The van der Waals surface area contributed by atoms with Crippen LogP contribution in [0.3, 0.4) is 0 Å². The monoisotopic (exact) mass is 171 g/mol. The van der Waals surface area contributed by atoms with E-state index in [2.05, 4.69) is 21.9 Å². The fourth-order valence-corrected chi connectivity index (χ4v) is 1.31. The zero-order valence-corrected chi connectivity index (χ0v) is 7.54. The molecule has 4 heteroatoms. The number of nitrogens with zero attached hydrogens (tertiary/aromatic N) is 2. The SMILES string of the molecule is [B]c1ccc2[nH]c(CCC)nc2n1. The van der Waals surface area contributed by atoms with E-state index in [4.69, 9.17) is 7.85 Å². The molecule has 2 aromatic heterocycles. The Morgan fingerprint density at radius 2 is 2.23 bits per heavy atom. The van der Waals surface area contributed by atoms with Crippen LogP contribution in [0.25, 0.3) is 11.2 Å². The second-order valence-corrected chi connectivity index (χ2v) is 3.04. The van der Waals surface area contributed by atoms with E-state index in [1.165, 1.54) is 0 Å². The Morgan fingerprint density at radius 3 is 3.00 bits per heavy atom. The molecule has 3 nitrogen and oxygen atoms in total. The van der Waals surface area contributed by atoms with Crippen LogP contribution >= 0.6 is 0 Å². The standard InChI is InChI=1S/C9H10BN3/c1-2-3-8-11-6-4-5-7(10)12-9(6)13-8/h4-5H,2-3H2,1H3,(H,11,12,13). The summed E-state index contributed by atoms with van der Waals surface area (Å²) in [6.07, 6.45) is 2.03. The Balaban J connectivity index is 2.49. The van der Waals surface area contributed by atoms with Gasteiger partial charge in [0.1, 0.15) is 13.7 Å². The number of hydrogen-bond acceptors (Lipinski definition) is 2. The Labute approximate surface area is 78.0 Å². The van der Waals surface area contributed by atoms with Gasteiger partial charge in [-0.2, -0.15) is 0 Å². The number of nitrogens with one attached hydrogen (secondary N) is 1. The van der Waals surface area contributed by atoms with Gasteiger partial charge >= 0.3 is 0 Å². The highest BCUT2D eigenvalue weighted by atomic mass is 15.0. The third-order valence-corrected chi connectivity index (χ3v) is 1.90. The number of fused-ring (bicyclic) bond motifs is 1. The van der Waals surface area contributed by atoms with Crippen LogP contribution in [0.15, 0.2) is 12.1 Å². The fourth-order valence-electron chi connectivity index (χ4n) is 1.31. The van der Waals surface area contributed by atoms with Crippen molar-refractivity contribution in [1.82, 2.24) is 15.0 Å². The first-order valence-corrected chi connectivity index (χ1v) is 4.40. The molecule has 13 heavy (non-hydrogen) atoms. The van der Waals surface area contributed by atoms with Crippen LogP contribution in [0, 0.1) is 0 Å². The third-order valence-electron chi connectivity index (χ3n) is 1.90. The summed E-state index contributed by atoms with van der Waals surface area (Å²) >= 11 is 0. The van der Waals surface area contributed by atoms with Crippen LogP contribution in [0.1, 0.15) is 19.2 Å². The van der Waals surface area contributed by atoms with Crippen molar-refractivity contribution >= 4 is 24.6 Å². The number of aromatic amines is 1. The van der Waals surface area contributed by atoms with Crippen molar-refractivity contribution in [3.05, 3.63) is 18.0 Å². The lowest BCUT2D eigenvalue weighted by atomic mass is 10.0. The zero-order valence-electron chi connectivity index (χ0n) is 7.54. The minimum absolute atomic E-state index is 0.516. The molecule has 1 N–H and O–H groups in total. The van der Waals surface area contributed by atoms with E-state index in [1.807, 2.05) is 6.07 Å². The number of aryl methyl sites for hydroxylation is 1. The van der Waals surface area contributed by atoms with E-state index >= 15 is 0 Å². The summed E-state index contributed by atoms with van der Waals surface area (Å²) in [7, 11) is 5.54. The van der Waals surface area contributed by atoms with Gasteiger partial charge in [0, 0.05) is 6.42 Å². The summed E-state index contributed by atoms with van der Waals surface area (Å²) in [5, 5.41) is 0. The van der Waals surface area contributed by atoms with Gasteiger partial charge in [-0.15, -0.1) is 0 Å². The van der Waals surface area contributed by atoms with Crippen molar-refractivity contribution < 1.29 is 0 Å². The molecule has 0 atom stereocenters. The topological polar surface area (TPSA) is 41.6 Å². The van der Waals surface area contributed by atoms with E-state index in [9.17, 15) is 0 Å². The number of rotatable bonds is 2. The van der Waals surface area contributed by atoms with Gasteiger partial charge < -0.3 is 4.98 Å². The smallest absolute Gasteiger partial charge is 0.177 e. The van der Waals surface area contributed by atoms with Gasteiger partial charge in [0.15, 0.2) is 5.65 Å². The predicted molar refractivity (Wildman–Crippen MR) is 53.3 cm³/mol. The second kappa shape index (κ2) is 3.20. The largest absolute Gasteiger partial charge is 0.341 e. The van der Waals surface area contributed by atoms with E-state index in [1.54, 1.807) is 6.07 Å². The summed E-state index contributed by atoms with van der Waals surface area (Å²) in [4.78, 5) is 11.6. The van der Waals surface area contributed by atoms with Gasteiger partial charge in [-0.3, -0.25) is 0 Å². The quantitative estimate of drug-likeness (QED) is 0.675. The number of hydrogen-bond donors (Lipinski definition) is 1. The second-order valence-electron chi connectivity index (χ2n) is 3.04. The summed E-state index contributed by atoms with van der Waals surface area (Å²) in [6.45, 7) is 2.12. The average molecular weight is 171 g/mol. The van der Waals surface area contributed by atoms with Gasteiger partial charge in [0.25, 0.3) is 0 Å². The van der Waals surface area contributed by atoms with E-state index in [0.29, 0.717) is 11.2 Å². The number of imidazole rings is 1. The minimum Gasteiger partial charge on any atom is -0.341 e. The van der Waals surface area contributed by atoms with Crippen molar-refractivity contribution in [2.45, 2.75) is 19.8 Å². The highest BCUT2D eigenvalue weighted by Crippen LogP contribution is 2.07. The molecule has 2 rings (SSSR count). The molecule has 0 fully saturated rings. The lowest BCUT2D eigenvalue weighted by Crippen LogP contribution is -2.06. The van der Waals surface area contributed by atoms with E-state index in [0.717, 1.165) is 24.2 Å². The zero-order chi connectivity index (χ0) is 9.26. The van der Waals surface area contributed by atoms with Crippen molar-refractivity contribution in [2.24, 2.45) is 0 Å². The lowest BCUT2D eigenvalue weighted by molar-refractivity contribution is 0.860.